The Morgan fingerprint density at radius 2 is 1.89 bits per heavy atom. The van der Waals surface area contributed by atoms with Crippen LogP contribution in [0, 0.1) is 0 Å². The van der Waals surface area contributed by atoms with Crippen molar-refractivity contribution in [3.8, 4) is 0 Å². The van der Waals surface area contributed by atoms with Crippen molar-refractivity contribution in [3.63, 3.8) is 0 Å². The third-order valence-corrected chi connectivity index (χ3v) is 3.52. The predicted octanol–water partition coefficient (Wildman–Crippen LogP) is 3.21. The van der Waals surface area contributed by atoms with Gasteiger partial charge in [-0.2, -0.15) is 11.8 Å². The summed E-state index contributed by atoms with van der Waals surface area (Å²) in [6.45, 7) is 0. The normalized spacial score (nSPS) is 10.2. The predicted molar refractivity (Wildman–Crippen MR) is 72.6 cm³/mol. The topological polar surface area (TPSA) is 50.2 Å². The Kier molecular flexibility index (Phi) is 4.36. The molecule has 0 fully saturated rings. The van der Waals surface area contributed by atoms with E-state index in [9.17, 15) is 4.79 Å². The number of thioether (sulfide) groups is 1. The number of nitrogens with zero attached hydrogens (tertiary/aromatic N) is 1. The van der Waals surface area contributed by atoms with Crippen molar-refractivity contribution in [2.75, 3.05) is 0 Å². The molecule has 1 aromatic carbocycles. The Bertz CT molecular complexity index is 528. The molecule has 1 aromatic heterocycles. The molecule has 0 aliphatic carbocycles. The van der Waals surface area contributed by atoms with Crippen molar-refractivity contribution in [2.45, 2.75) is 11.5 Å². The summed E-state index contributed by atoms with van der Waals surface area (Å²) in [6, 6.07) is 13.7. The first-order valence-electron chi connectivity index (χ1n) is 5.56. The van der Waals surface area contributed by atoms with E-state index in [4.69, 9.17) is 5.11 Å². The first-order chi connectivity index (χ1) is 8.77. The van der Waals surface area contributed by atoms with Gasteiger partial charge >= 0.3 is 5.97 Å². The summed E-state index contributed by atoms with van der Waals surface area (Å²) in [7, 11) is 0. The van der Waals surface area contributed by atoms with Gasteiger partial charge in [0.25, 0.3) is 0 Å². The standard InChI is InChI=1S/C14H13NO2S/c16-14(17)13-12(7-4-8-15-13)10-18-9-11-5-2-1-3-6-11/h1-8H,9-10H2,(H,16,17). The van der Waals surface area contributed by atoms with Crippen LogP contribution in [0.5, 0.6) is 0 Å². The van der Waals surface area contributed by atoms with E-state index < -0.39 is 5.97 Å². The fraction of sp³-hybridized carbons (Fsp3) is 0.143. The molecule has 1 heterocycles. The average molecular weight is 259 g/mol. The summed E-state index contributed by atoms with van der Waals surface area (Å²) in [5.74, 6) is 0.560. The van der Waals surface area contributed by atoms with Gasteiger partial charge in [0, 0.05) is 17.7 Å². The first kappa shape index (κ1) is 12.6. The number of aromatic carboxylic acids is 1. The molecule has 0 amide bonds. The molecule has 18 heavy (non-hydrogen) atoms. The minimum atomic E-state index is -0.967. The zero-order valence-corrected chi connectivity index (χ0v) is 10.6. The second kappa shape index (κ2) is 6.21. The van der Waals surface area contributed by atoms with E-state index in [1.807, 2.05) is 24.3 Å². The van der Waals surface area contributed by atoms with Crippen molar-refractivity contribution < 1.29 is 9.90 Å². The molecule has 0 saturated heterocycles. The summed E-state index contributed by atoms with van der Waals surface area (Å²) >= 11 is 1.69. The molecule has 0 spiro atoms. The van der Waals surface area contributed by atoms with Crippen LogP contribution >= 0.6 is 11.8 Å². The molecular formula is C14H13NO2S. The molecule has 92 valence electrons. The highest BCUT2D eigenvalue weighted by molar-refractivity contribution is 7.97. The maximum atomic E-state index is 11.0. The highest BCUT2D eigenvalue weighted by Crippen LogP contribution is 2.19. The fourth-order valence-corrected chi connectivity index (χ4v) is 2.58. The number of hydrogen-bond acceptors (Lipinski definition) is 3. The van der Waals surface area contributed by atoms with Gasteiger partial charge in [0.05, 0.1) is 0 Å². The lowest BCUT2D eigenvalue weighted by Crippen LogP contribution is -2.04. The van der Waals surface area contributed by atoms with Crippen molar-refractivity contribution >= 4 is 17.7 Å². The van der Waals surface area contributed by atoms with E-state index in [1.54, 1.807) is 17.8 Å². The number of benzene rings is 1. The van der Waals surface area contributed by atoms with Crippen LogP contribution in [0.15, 0.2) is 48.7 Å². The molecule has 0 aliphatic rings. The smallest absolute Gasteiger partial charge is 0.354 e. The maximum Gasteiger partial charge on any atom is 0.354 e. The van der Waals surface area contributed by atoms with Crippen molar-refractivity contribution in [1.82, 2.24) is 4.98 Å². The van der Waals surface area contributed by atoms with E-state index >= 15 is 0 Å². The Labute approximate surface area is 110 Å². The molecule has 0 aliphatic heterocycles. The molecule has 0 bridgehead atoms. The number of carboxylic acid groups (broad SMARTS) is 1. The third-order valence-electron chi connectivity index (χ3n) is 2.46. The number of rotatable bonds is 5. The van der Waals surface area contributed by atoms with Crippen LogP contribution in [0.25, 0.3) is 0 Å². The van der Waals surface area contributed by atoms with Gasteiger partial charge in [-0.15, -0.1) is 0 Å². The van der Waals surface area contributed by atoms with Gasteiger partial charge in [-0.05, 0) is 17.2 Å². The molecule has 1 N–H and O–H groups in total. The van der Waals surface area contributed by atoms with Crippen LogP contribution in [0.3, 0.4) is 0 Å². The van der Waals surface area contributed by atoms with E-state index in [-0.39, 0.29) is 5.69 Å². The second-order valence-electron chi connectivity index (χ2n) is 3.79. The van der Waals surface area contributed by atoms with E-state index in [2.05, 4.69) is 17.1 Å². The number of pyridine rings is 1. The fourth-order valence-electron chi connectivity index (χ4n) is 1.60. The molecule has 2 rings (SSSR count). The van der Waals surface area contributed by atoms with Gasteiger partial charge in [-0.25, -0.2) is 9.78 Å². The van der Waals surface area contributed by atoms with E-state index in [1.165, 1.54) is 11.8 Å². The zero-order chi connectivity index (χ0) is 12.8. The summed E-state index contributed by atoms with van der Waals surface area (Å²) < 4.78 is 0. The summed E-state index contributed by atoms with van der Waals surface area (Å²) in [6.07, 6.45) is 1.51. The highest BCUT2D eigenvalue weighted by atomic mass is 32.2. The second-order valence-corrected chi connectivity index (χ2v) is 4.78. The Morgan fingerprint density at radius 1 is 1.11 bits per heavy atom. The van der Waals surface area contributed by atoms with Gasteiger partial charge < -0.3 is 5.11 Å². The molecule has 0 radical (unpaired) electrons. The number of carboxylic acids is 1. The van der Waals surface area contributed by atoms with Crippen LogP contribution in [-0.4, -0.2) is 16.1 Å². The molecule has 2 aromatic rings. The van der Waals surface area contributed by atoms with Crippen molar-refractivity contribution in [1.29, 1.82) is 0 Å². The molecule has 4 heteroatoms. The van der Waals surface area contributed by atoms with Crippen molar-refractivity contribution in [2.24, 2.45) is 0 Å². The van der Waals surface area contributed by atoms with Gasteiger partial charge in [-0.3, -0.25) is 0 Å². The quantitative estimate of drug-likeness (QED) is 0.895. The molecule has 0 atom stereocenters. The lowest BCUT2D eigenvalue weighted by atomic mass is 10.2. The number of aromatic nitrogens is 1. The molecule has 0 saturated carbocycles. The minimum Gasteiger partial charge on any atom is -0.477 e. The van der Waals surface area contributed by atoms with Gasteiger partial charge in [0.1, 0.15) is 0 Å². The maximum absolute atomic E-state index is 11.0. The Balaban J connectivity index is 1.97. The summed E-state index contributed by atoms with van der Waals surface area (Å²) in [5.41, 5.74) is 2.16. The summed E-state index contributed by atoms with van der Waals surface area (Å²) in [4.78, 5) is 14.9. The van der Waals surface area contributed by atoms with E-state index in [0.717, 1.165) is 11.3 Å². The van der Waals surface area contributed by atoms with Gasteiger partial charge in [0.2, 0.25) is 0 Å². The molecule has 0 unspecified atom stereocenters. The first-order valence-corrected chi connectivity index (χ1v) is 6.71. The van der Waals surface area contributed by atoms with Crippen LogP contribution < -0.4 is 0 Å². The monoisotopic (exact) mass is 259 g/mol. The van der Waals surface area contributed by atoms with Crippen LogP contribution in [0.1, 0.15) is 21.6 Å². The number of hydrogen-bond donors (Lipinski definition) is 1. The van der Waals surface area contributed by atoms with E-state index in [0.29, 0.717) is 5.75 Å². The average Bonchev–Trinajstić information content (AvgIpc) is 2.40. The zero-order valence-electron chi connectivity index (χ0n) is 9.74. The molecule has 3 nitrogen and oxygen atoms in total. The minimum absolute atomic E-state index is 0.151. The SMILES string of the molecule is O=C(O)c1ncccc1CSCc1ccccc1. The third kappa shape index (κ3) is 3.34. The van der Waals surface area contributed by atoms with Crippen LogP contribution in [0.2, 0.25) is 0 Å². The Hall–Kier alpha value is -1.81. The van der Waals surface area contributed by atoms with Crippen molar-refractivity contribution in [3.05, 3.63) is 65.5 Å². The lowest BCUT2D eigenvalue weighted by Gasteiger charge is -2.05. The Morgan fingerprint density at radius 3 is 2.61 bits per heavy atom. The lowest BCUT2D eigenvalue weighted by molar-refractivity contribution is 0.0689. The van der Waals surface area contributed by atoms with Crippen LogP contribution in [0.4, 0.5) is 0 Å². The summed E-state index contributed by atoms with van der Waals surface area (Å²) in [5, 5.41) is 9.01. The highest BCUT2D eigenvalue weighted by Gasteiger charge is 2.10. The van der Waals surface area contributed by atoms with Gasteiger partial charge in [0.15, 0.2) is 5.69 Å². The molecular weight excluding hydrogens is 246 g/mol. The van der Waals surface area contributed by atoms with Crippen LogP contribution in [-0.2, 0) is 11.5 Å². The van der Waals surface area contributed by atoms with Gasteiger partial charge in [-0.1, -0.05) is 36.4 Å². The number of carbonyl (C=O) groups is 1. The largest absolute Gasteiger partial charge is 0.477 e.